The van der Waals surface area contributed by atoms with E-state index in [0.29, 0.717) is 6.04 Å². The maximum atomic E-state index is 4.37. The second kappa shape index (κ2) is 6.28. The van der Waals surface area contributed by atoms with Crippen molar-refractivity contribution in [3.63, 3.8) is 0 Å². The van der Waals surface area contributed by atoms with Crippen LogP contribution in [0.2, 0.25) is 0 Å². The molecular weight excluding hydrogens is 224 g/mol. The second-order valence-electron chi connectivity index (χ2n) is 4.71. The number of hydrogen-bond acceptors (Lipinski definition) is 4. The predicted octanol–water partition coefficient (Wildman–Crippen LogP) is 1.95. The minimum atomic E-state index is 0.452. The number of nitrogens with one attached hydrogen (secondary N) is 3. The zero-order valence-corrected chi connectivity index (χ0v) is 11.2. The van der Waals surface area contributed by atoms with E-state index >= 15 is 0 Å². The monoisotopic (exact) mass is 246 g/mol. The first-order valence-electron chi connectivity index (χ1n) is 6.65. The van der Waals surface area contributed by atoms with Crippen LogP contribution in [0, 0.1) is 0 Å². The van der Waals surface area contributed by atoms with Gasteiger partial charge in [-0.15, -0.1) is 0 Å². The zero-order valence-electron chi connectivity index (χ0n) is 11.2. The number of hydrogen-bond donors (Lipinski definition) is 3. The Bertz CT molecular complexity index is 397. The van der Waals surface area contributed by atoms with Crippen molar-refractivity contribution in [2.45, 2.75) is 32.9 Å². The van der Waals surface area contributed by atoms with Crippen LogP contribution in [0.4, 0.5) is 5.69 Å². The zero-order chi connectivity index (χ0) is 12.8. The van der Waals surface area contributed by atoms with Crippen LogP contribution in [0.5, 0.6) is 0 Å². The molecule has 1 aromatic carbocycles. The largest absolute Gasteiger partial charge is 0.385 e. The van der Waals surface area contributed by atoms with E-state index in [0.717, 1.165) is 32.0 Å². The Morgan fingerprint density at radius 1 is 1.28 bits per heavy atom. The molecule has 0 saturated carbocycles. The van der Waals surface area contributed by atoms with Gasteiger partial charge in [0, 0.05) is 24.8 Å². The lowest BCUT2D eigenvalue weighted by atomic mass is 10.2. The molecule has 2 rings (SSSR count). The Balaban J connectivity index is 1.79. The van der Waals surface area contributed by atoms with E-state index in [4.69, 9.17) is 0 Å². The van der Waals surface area contributed by atoms with Crippen molar-refractivity contribution in [3.05, 3.63) is 29.8 Å². The minimum absolute atomic E-state index is 0.452. The maximum Gasteiger partial charge on any atom is 0.191 e. The summed E-state index contributed by atoms with van der Waals surface area (Å²) in [5, 5.41) is 9.97. The normalized spacial score (nSPS) is 18.1. The van der Waals surface area contributed by atoms with Gasteiger partial charge in [0.2, 0.25) is 0 Å². The van der Waals surface area contributed by atoms with Gasteiger partial charge in [-0.3, -0.25) is 4.99 Å². The Labute approximate surface area is 109 Å². The third-order valence-electron chi connectivity index (χ3n) is 2.90. The fourth-order valence-corrected chi connectivity index (χ4v) is 1.86. The van der Waals surface area contributed by atoms with E-state index in [1.165, 1.54) is 11.3 Å². The van der Waals surface area contributed by atoms with Crippen LogP contribution in [-0.2, 0) is 6.54 Å². The Morgan fingerprint density at radius 2 is 2.06 bits per heavy atom. The van der Waals surface area contributed by atoms with Gasteiger partial charge in [-0.25, -0.2) is 0 Å². The molecule has 0 fully saturated rings. The first-order valence-corrected chi connectivity index (χ1v) is 6.65. The van der Waals surface area contributed by atoms with E-state index in [1.54, 1.807) is 0 Å². The average molecular weight is 246 g/mol. The summed E-state index contributed by atoms with van der Waals surface area (Å²) < 4.78 is 0. The van der Waals surface area contributed by atoms with Crippen LogP contribution in [0.1, 0.15) is 25.8 Å². The Kier molecular flexibility index (Phi) is 4.45. The van der Waals surface area contributed by atoms with Crippen molar-refractivity contribution in [1.82, 2.24) is 10.6 Å². The molecule has 4 nitrogen and oxygen atoms in total. The molecule has 3 N–H and O–H groups in total. The summed E-state index contributed by atoms with van der Waals surface area (Å²) in [6, 6.07) is 8.99. The van der Waals surface area contributed by atoms with Gasteiger partial charge < -0.3 is 16.0 Å². The highest BCUT2D eigenvalue weighted by atomic mass is 15.2. The van der Waals surface area contributed by atoms with Crippen LogP contribution in [-0.4, -0.2) is 25.1 Å². The molecule has 1 heterocycles. The third-order valence-corrected chi connectivity index (χ3v) is 2.90. The number of rotatable bonds is 5. The van der Waals surface area contributed by atoms with Gasteiger partial charge in [0.25, 0.3) is 0 Å². The molecule has 98 valence electrons. The van der Waals surface area contributed by atoms with E-state index in [-0.39, 0.29) is 0 Å². The number of aliphatic imine (C=N–C) groups is 1. The summed E-state index contributed by atoms with van der Waals surface area (Å²) in [5.74, 6) is 0.913. The summed E-state index contributed by atoms with van der Waals surface area (Å²) in [5.41, 5.74) is 2.45. The van der Waals surface area contributed by atoms with Crippen molar-refractivity contribution in [2.24, 2.45) is 4.99 Å². The van der Waals surface area contributed by atoms with E-state index in [1.807, 2.05) is 0 Å². The summed E-state index contributed by atoms with van der Waals surface area (Å²) >= 11 is 0. The van der Waals surface area contributed by atoms with Crippen LogP contribution in [0.3, 0.4) is 0 Å². The molecular formula is C14H22N4. The van der Waals surface area contributed by atoms with Gasteiger partial charge in [0.15, 0.2) is 5.96 Å². The highest BCUT2D eigenvalue weighted by Crippen LogP contribution is 2.09. The predicted molar refractivity (Wildman–Crippen MR) is 77.0 cm³/mol. The SMILES string of the molecule is CCCNc1ccc(CNC2=NCC(C)N2)cc1. The quantitative estimate of drug-likeness (QED) is 0.744. The van der Waals surface area contributed by atoms with E-state index < -0.39 is 0 Å². The lowest BCUT2D eigenvalue weighted by molar-refractivity contribution is 0.713. The molecule has 0 spiro atoms. The van der Waals surface area contributed by atoms with Crippen LogP contribution in [0.25, 0.3) is 0 Å². The molecule has 0 aliphatic carbocycles. The van der Waals surface area contributed by atoms with E-state index in [9.17, 15) is 0 Å². The molecule has 0 radical (unpaired) electrons. The third kappa shape index (κ3) is 3.65. The molecule has 18 heavy (non-hydrogen) atoms. The Hall–Kier alpha value is -1.71. The van der Waals surface area contributed by atoms with Crippen molar-refractivity contribution in [1.29, 1.82) is 0 Å². The number of benzene rings is 1. The molecule has 4 heteroatoms. The number of anilines is 1. The number of guanidine groups is 1. The standard InChI is InChI=1S/C14H22N4/c1-3-8-15-13-6-4-12(5-7-13)10-17-14-16-9-11(2)18-14/h4-7,11,15H,3,8-10H2,1-2H3,(H2,16,17,18). The lowest BCUT2D eigenvalue weighted by Crippen LogP contribution is -2.37. The van der Waals surface area contributed by atoms with Crippen LogP contribution >= 0.6 is 0 Å². The smallest absolute Gasteiger partial charge is 0.191 e. The highest BCUT2D eigenvalue weighted by Gasteiger charge is 2.11. The fourth-order valence-electron chi connectivity index (χ4n) is 1.86. The van der Waals surface area contributed by atoms with Crippen LogP contribution in [0.15, 0.2) is 29.3 Å². The first-order chi connectivity index (χ1) is 8.78. The molecule has 1 atom stereocenters. The second-order valence-corrected chi connectivity index (χ2v) is 4.71. The first kappa shape index (κ1) is 12.7. The molecule has 1 unspecified atom stereocenters. The van der Waals surface area contributed by atoms with Crippen molar-refractivity contribution < 1.29 is 0 Å². The average Bonchev–Trinajstić information content (AvgIpc) is 2.81. The molecule has 1 aromatic rings. The van der Waals surface area contributed by atoms with Crippen molar-refractivity contribution >= 4 is 11.6 Å². The van der Waals surface area contributed by atoms with Gasteiger partial charge >= 0.3 is 0 Å². The molecule has 0 bridgehead atoms. The van der Waals surface area contributed by atoms with Crippen LogP contribution < -0.4 is 16.0 Å². The van der Waals surface area contributed by atoms with Gasteiger partial charge in [0.05, 0.1) is 6.54 Å². The maximum absolute atomic E-state index is 4.37. The Morgan fingerprint density at radius 3 is 2.67 bits per heavy atom. The van der Waals surface area contributed by atoms with E-state index in [2.05, 4.69) is 59.1 Å². The molecule has 1 aliphatic heterocycles. The van der Waals surface area contributed by atoms with Crippen molar-refractivity contribution in [2.75, 3.05) is 18.4 Å². The fraction of sp³-hybridized carbons (Fsp3) is 0.500. The van der Waals surface area contributed by atoms with Gasteiger partial charge in [-0.2, -0.15) is 0 Å². The van der Waals surface area contributed by atoms with Gasteiger partial charge in [0.1, 0.15) is 0 Å². The topological polar surface area (TPSA) is 48.5 Å². The molecule has 0 amide bonds. The molecule has 1 aliphatic rings. The van der Waals surface area contributed by atoms with Gasteiger partial charge in [-0.05, 0) is 31.0 Å². The lowest BCUT2D eigenvalue weighted by Gasteiger charge is -2.10. The number of nitrogens with zero attached hydrogens (tertiary/aromatic N) is 1. The summed E-state index contributed by atoms with van der Waals surface area (Å²) in [4.78, 5) is 4.37. The summed E-state index contributed by atoms with van der Waals surface area (Å²) in [6.07, 6.45) is 1.15. The highest BCUT2D eigenvalue weighted by molar-refractivity contribution is 5.81. The molecule has 0 aromatic heterocycles. The minimum Gasteiger partial charge on any atom is -0.385 e. The molecule has 0 saturated heterocycles. The van der Waals surface area contributed by atoms with Crippen molar-refractivity contribution in [3.8, 4) is 0 Å². The summed E-state index contributed by atoms with van der Waals surface area (Å²) in [6.45, 7) is 7.00. The summed E-state index contributed by atoms with van der Waals surface area (Å²) in [7, 11) is 0. The van der Waals surface area contributed by atoms with Gasteiger partial charge in [-0.1, -0.05) is 19.1 Å².